The van der Waals surface area contributed by atoms with Crippen LogP contribution < -0.4 is 15.5 Å². The molecule has 0 bridgehead atoms. The van der Waals surface area contributed by atoms with Crippen LogP contribution in [0.4, 0.5) is 22.1 Å². The number of benzene rings is 1. The number of carbonyl (C=O) groups excluding carboxylic acids is 1. The van der Waals surface area contributed by atoms with E-state index in [1.54, 1.807) is 4.90 Å². The van der Waals surface area contributed by atoms with Crippen LogP contribution in [0.15, 0.2) is 60.7 Å². The molecule has 0 aliphatic carbocycles. The van der Waals surface area contributed by atoms with E-state index < -0.39 is 0 Å². The van der Waals surface area contributed by atoms with Crippen molar-refractivity contribution in [1.29, 1.82) is 0 Å². The number of nitrogens with zero attached hydrogens (tertiary/aromatic N) is 3. The number of fused-ring (bicyclic) bond motifs is 1. The van der Waals surface area contributed by atoms with Crippen LogP contribution in [0.5, 0.6) is 0 Å². The Bertz CT molecular complexity index is 1240. The van der Waals surface area contributed by atoms with Crippen LogP contribution in [-0.2, 0) is 4.74 Å². The van der Waals surface area contributed by atoms with Gasteiger partial charge in [0, 0.05) is 18.2 Å². The van der Waals surface area contributed by atoms with Crippen LogP contribution in [0.2, 0.25) is 0 Å². The van der Waals surface area contributed by atoms with Crippen molar-refractivity contribution in [1.82, 2.24) is 9.97 Å². The van der Waals surface area contributed by atoms with Crippen LogP contribution in [0, 0.1) is 6.92 Å². The van der Waals surface area contributed by atoms with Gasteiger partial charge >= 0.3 is 6.03 Å². The Morgan fingerprint density at radius 2 is 2.00 bits per heavy atom. The second kappa shape index (κ2) is 9.65. The first-order chi connectivity index (χ1) is 16.6. The van der Waals surface area contributed by atoms with E-state index in [9.17, 15) is 4.79 Å². The van der Waals surface area contributed by atoms with Crippen molar-refractivity contribution in [2.24, 2.45) is 0 Å². The van der Waals surface area contributed by atoms with Crippen molar-refractivity contribution >= 4 is 28.9 Å². The maximum Gasteiger partial charge on any atom is 0.328 e. The highest BCUT2D eigenvalue weighted by molar-refractivity contribution is 6.03. The van der Waals surface area contributed by atoms with E-state index >= 15 is 0 Å². The summed E-state index contributed by atoms with van der Waals surface area (Å²) in [7, 11) is 0. The molecule has 7 heteroatoms. The molecule has 3 aromatic rings. The van der Waals surface area contributed by atoms with E-state index in [-0.39, 0.29) is 12.1 Å². The van der Waals surface area contributed by atoms with Crippen LogP contribution >= 0.6 is 0 Å². The molecule has 4 heterocycles. The Balaban J connectivity index is 1.46. The Morgan fingerprint density at radius 3 is 2.82 bits per heavy atom. The average Bonchev–Trinajstić information content (AvgIpc) is 3.02. The Kier molecular flexibility index (Phi) is 6.27. The summed E-state index contributed by atoms with van der Waals surface area (Å²) in [6.07, 6.45) is 3.68. The van der Waals surface area contributed by atoms with Gasteiger partial charge in [-0.25, -0.2) is 14.8 Å². The van der Waals surface area contributed by atoms with Crippen LogP contribution in [-0.4, -0.2) is 41.8 Å². The molecule has 0 spiro atoms. The molecule has 0 fully saturated rings. The van der Waals surface area contributed by atoms with Gasteiger partial charge in [-0.05, 0) is 62.6 Å². The average molecular weight is 456 g/mol. The predicted octanol–water partition coefficient (Wildman–Crippen LogP) is 5.50. The summed E-state index contributed by atoms with van der Waals surface area (Å²) in [5.74, 6) is 1.15. The third-order valence-corrected chi connectivity index (χ3v) is 6.23. The van der Waals surface area contributed by atoms with Gasteiger partial charge in [0.1, 0.15) is 5.82 Å². The minimum atomic E-state index is -0.239. The number of hydrogen-bond acceptors (Lipinski definition) is 5. The number of hydrogen-bond donors (Lipinski definition) is 2. The number of urea groups is 1. The minimum Gasteiger partial charge on any atom is -0.382 e. The smallest absolute Gasteiger partial charge is 0.328 e. The zero-order valence-corrected chi connectivity index (χ0v) is 19.5. The molecule has 2 aliphatic heterocycles. The Labute approximate surface area is 199 Å². The first kappa shape index (κ1) is 22.1. The second-order valence-electron chi connectivity index (χ2n) is 8.76. The SMILES string of the molecule is Cc1cccc(-c2ccc3c(n2)N(C(=O)Nc2cccc(C4=CCOCC4)n2)[C@H](C)CCN3)c1. The van der Waals surface area contributed by atoms with Gasteiger partial charge in [0.15, 0.2) is 5.82 Å². The van der Waals surface area contributed by atoms with Gasteiger partial charge < -0.3 is 10.1 Å². The third kappa shape index (κ3) is 4.65. The molecule has 2 N–H and O–H groups in total. The summed E-state index contributed by atoms with van der Waals surface area (Å²) in [6.45, 7) is 6.17. The highest BCUT2D eigenvalue weighted by atomic mass is 16.5. The lowest BCUT2D eigenvalue weighted by atomic mass is 10.1. The molecule has 174 valence electrons. The molecule has 1 atom stereocenters. The van der Waals surface area contributed by atoms with Gasteiger partial charge in [0.05, 0.1) is 30.3 Å². The lowest BCUT2D eigenvalue weighted by molar-refractivity contribution is 0.161. The van der Waals surface area contributed by atoms with Crippen molar-refractivity contribution in [3.63, 3.8) is 0 Å². The van der Waals surface area contributed by atoms with Crippen molar-refractivity contribution < 1.29 is 9.53 Å². The molecule has 0 saturated carbocycles. The maximum absolute atomic E-state index is 13.6. The van der Waals surface area contributed by atoms with E-state index in [2.05, 4.69) is 29.7 Å². The Hall–Kier alpha value is -3.71. The van der Waals surface area contributed by atoms with E-state index in [4.69, 9.17) is 14.7 Å². The van der Waals surface area contributed by atoms with Crippen molar-refractivity contribution in [3.8, 4) is 11.3 Å². The minimum absolute atomic E-state index is 0.0320. The van der Waals surface area contributed by atoms with Crippen LogP contribution in [0.3, 0.4) is 0 Å². The normalized spacial score (nSPS) is 17.8. The molecule has 2 aliphatic rings. The van der Waals surface area contributed by atoms with Gasteiger partial charge in [-0.1, -0.05) is 35.9 Å². The molecule has 2 amide bonds. The molecule has 2 aromatic heterocycles. The molecular weight excluding hydrogens is 426 g/mol. The number of anilines is 3. The van der Waals surface area contributed by atoms with Gasteiger partial charge in [-0.15, -0.1) is 0 Å². The number of aromatic nitrogens is 2. The maximum atomic E-state index is 13.6. The van der Waals surface area contributed by atoms with E-state index in [1.165, 1.54) is 5.56 Å². The van der Waals surface area contributed by atoms with E-state index in [0.29, 0.717) is 24.8 Å². The molecule has 0 saturated heterocycles. The van der Waals surface area contributed by atoms with Crippen molar-refractivity contribution in [2.45, 2.75) is 32.7 Å². The van der Waals surface area contributed by atoms with Crippen molar-refractivity contribution in [3.05, 3.63) is 71.9 Å². The fourth-order valence-electron chi connectivity index (χ4n) is 4.40. The summed E-state index contributed by atoms with van der Waals surface area (Å²) in [6, 6.07) is 17.7. The second-order valence-corrected chi connectivity index (χ2v) is 8.76. The Morgan fingerprint density at radius 1 is 1.12 bits per heavy atom. The third-order valence-electron chi connectivity index (χ3n) is 6.23. The number of aryl methyl sites for hydroxylation is 1. The van der Waals surface area contributed by atoms with Crippen molar-refractivity contribution in [2.75, 3.05) is 35.3 Å². The summed E-state index contributed by atoms with van der Waals surface area (Å²) < 4.78 is 5.41. The molecule has 0 unspecified atom stereocenters. The highest BCUT2D eigenvalue weighted by Gasteiger charge is 2.29. The molecule has 34 heavy (non-hydrogen) atoms. The highest BCUT2D eigenvalue weighted by Crippen LogP contribution is 2.33. The largest absolute Gasteiger partial charge is 0.382 e. The first-order valence-electron chi connectivity index (χ1n) is 11.7. The van der Waals surface area contributed by atoms with E-state index in [0.717, 1.165) is 47.6 Å². The van der Waals surface area contributed by atoms with Crippen LogP contribution in [0.25, 0.3) is 16.8 Å². The van der Waals surface area contributed by atoms with Gasteiger partial charge in [0.25, 0.3) is 0 Å². The molecule has 5 rings (SSSR count). The molecule has 7 nitrogen and oxygen atoms in total. The first-order valence-corrected chi connectivity index (χ1v) is 11.7. The topological polar surface area (TPSA) is 79.4 Å². The molecular formula is C27H29N5O2. The van der Waals surface area contributed by atoms with Gasteiger partial charge in [0.2, 0.25) is 0 Å². The summed E-state index contributed by atoms with van der Waals surface area (Å²) in [5, 5.41) is 6.44. The predicted molar refractivity (Wildman–Crippen MR) is 136 cm³/mol. The number of pyridine rings is 2. The summed E-state index contributed by atoms with van der Waals surface area (Å²) in [4.78, 5) is 24.9. The zero-order chi connectivity index (χ0) is 23.5. The quantitative estimate of drug-likeness (QED) is 0.545. The molecule has 0 radical (unpaired) electrons. The van der Waals surface area contributed by atoms with Gasteiger partial charge in [-0.3, -0.25) is 10.2 Å². The zero-order valence-electron chi connectivity index (χ0n) is 19.5. The number of carbonyl (C=O) groups is 1. The monoisotopic (exact) mass is 455 g/mol. The summed E-state index contributed by atoms with van der Waals surface area (Å²) >= 11 is 0. The fourth-order valence-corrected chi connectivity index (χ4v) is 4.40. The molecule has 1 aromatic carbocycles. The lowest BCUT2D eigenvalue weighted by Gasteiger charge is -2.27. The number of amides is 2. The van der Waals surface area contributed by atoms with E-state index in [1.807, 2.05) is 55.5 Å². The standard InChI is InChI=1S/C27H29N5O2/c1-18-5-3-6-21(17-18)23-9-10-24-26(30-23)32(19(2)11-14-28-24)27(33)31-25-8-4-7-22(29-25)20-12-15-34-16-13-20/h3-10,12,17,19,28H,11,13-16H2,1-2H3,(H,29,31,33)/t19-/m1/s1. The number of ether oxygens (including phenoxy) is 1. The lowest BCUT2D eigenvalue weighted by Crippen LogP contribution is -2.42. The number of rotatable bonds is 3. The number of nitrogens with one attached hydrogen (secondary N) is 2. The summed E-state index contributed by atoms with van der Waals surface area (Å²) in [5.41, 5.74) is 5.89. The fraction of sp³-hybridized carbons (Fsp3) is 0.296. The van der Waals surface area contributed by atoms with Gasteiger partial charge in [-0.2, -0.15) is 0 Å². The van der Waals surface area contributed by atoms with Crippen LogP contribution in [0.1, 0.15) is 31.0 Å².